The molecule has 0 spiro atoms. The molecule has 1 saturated carbocycles. The molecule has 0 radical (unpaired) electrons. The highest BCUT2D eigenvalue weighted by Crippen LogP contribution is 2.30. The fraction of sp³-hybridized carbons (Fsp3) is 0.941. The zero-order valence-corrected chi connectivity index (χ0v) is 15.3. The lowest BCUT2D eigenvalue weighted by Crippen LogP contribution is -2.59. The lowest BCUT2D eigenvalue weighted by Gasteiger charge is -2.46. The van der Waals surface area contributed by atoms with Crippen molar-refractivity contribution in [2.24, 2.45) is 11.1 Å². The number of nitrogens with two attached hydrogens (primary N) is 1. The van der Waals surface area contributed by atoms with Crippen LogP contribution in [0.1, 0.15) is 46.0 Å². The number of nitrogens with zero attached hydrogens (tertiary/aromatic N) is 2. The topological polar surface area (TPSA) is 58.8 Å². The number of halogens is 1. The number of rotatable bonds is 2. The van der Waals surface area contributed by atoms with Gasteiger partial charge in [0.25, 0.3) is 0 Å². The largest absolute Gasteiger partial charge is 0.374 e. The highest BCUT2D eigenvalue weighted by Gasteiger charge is 2.38. The van der Waals surface area contributed by atoms with Crippen molar-refractivity contribution in [3.8, 4) is 0 Å². The number of amides is 1. The molecule has 2 aliphatic heterocycles. The summed E-state index contributed by atoms with van der Waals surface area (Å²) in [5.74, 6) is 0.284. The van der Waals surface area contributed by atoms with E-state index in [1.807, 2.05) is 0 Å². The smallest absolute Gasteiger partial charge is 0.237 e. The summed E-state index contributed by atoms with van der Waals surface area (Å²) in [6.45, 7) is 8.27. The van der Waals surface area contributed by atoms with E-state index in [1.165, 1.54) is 12.8 Å². The molecule has 3 fully saturated rings. The van der Waals surface area contributed by atoms with E-state index in [0.29, 0.717) is 19.2 Å². The molecule has 2 N–H and O–H groups in total. The van der Waals surface area contributed by atoms with Gasteiger partial charge in [-0.05, 0) is 24.7 Å². The monoisotopic (exact) mass is 345 g/mol. The summed E-state index contributed by atoms with van der Waals surface area (Å²) < 4.78 is 5.88. The molecule has 0 bridgehead atoms. The Morgan fingerprint density at radius 2 is 1.96 bits per heavy atom. The van der Waals surface area contributed by atoms with Crippen LogP contribution in [0.5, 0.6) is 0 Å². The minimum atomic E-state index is 0. The van der Waals surface area contributed by atoms with Gasteiger partial charge < -0.3 is 15.4 Å². The molecule has 3 aliphatic rings. The molecule has 2 saturated heterocycles. The Bertz CT molecular complexity index is 417. The minimum absolute atomic E-state index is 0. The van der Waals surface area contributed by atoms with Crippen molar-refractivity contribution >= 4 is 18.3 Å². The number of hydrogen-bond acceptors (Lipinski definition) is 4. The van der Waals surface area contributed by atoms with E-state index in [2.05, 4.69) is 23.6 Å². The van der Waals surface area contributed by atoms with Crippen molar-refractivity contribution in [3.05, 3.63) is 0 Å². The molecular formula is C17H32ClN3O2. The van der Waals surface area contributed by atoms with Crippen LogP contribution in [0.25, 0.3) is 0 Å². The first kappa shape index (κ1) is 19.0. The summed E-state index contributed by atoms with van der Waals surface area (Å²) in [4.78, 5) is 17.2. The molecule has 3 atom stereocenters. The molecule has 0 aromatic carbocycles. The van der Waals surface area contributed by atoms with Gasteiger partial charge in [-0.3, -0.25) is 9.69 Å². The van der Waals surface area contributed by atoms with Crippen LogP contribution in [0, 0.1) is 5.41 Å². The van der Waals surface area contributed by atoms with Crippen LogP contribution in [0.4, 0.5) is 0 Å². The SMILES string of the molecule is CC1(C)CN(CC(=O)N2CCOC3CCCCC32)CCC1N.Cl. The third kappa shape index (κ3) is 4.19. The van der Waals surface area contributed by atoms with Gasteiger partial charge in [0.1, 0.15) is 0 Å². The van der Waals surface area contributed by atoms with Gasteiger partial charge in [0.15, 0.2) is 0 Å². The second-order valence-corrected chi connectivity index (χ2v) is 7.94. The average molecular weight is 346 g/mol. The van der Waals surface area contributed by atoms with Crippen LogP contribution in [-0.4, -0.2) is 66.7 Å². The lowest BCUT2D eigenvalue weighted by atomic mass is 9.80. The van der Waals surface area contributed by atoms with E-state index in [9.17, 15) is 4.79 Å². The quantitative estimate of drug-likeness (QED) is 0.826. The van der Waals surface area contributed by atoms with Crippen molar-refractivity contribution in [1.82, 2.24) is 9.80 Å². The van der Waals surface area contributed by atoms with Crippen LogP contribution in [-0.2, 0) is 9.53 Å². The summed E-state index contributed by atoms with van der Waals surface area (Å²) in [5, 5.41) is 0. The van der Waals surface area contributed by atoms with Crippen molar-refractivity contribution in [2.75, 3.05) is 32.8 Å². The van der Waals surface area contributed by atoms with E-state index < -0.39 is 0 Å². The van der Waals surface area contributed by atoms with Crippen molar-refractivity contribution in [3.63, 3.8) is 0 Å². The maximum Gasteiger partial charge on any atom is 0.237 e. The van der Waals surface area contributed by atoms with Crippen molar-refractivity contribution < 1.29 is 9.53 Å². The number of ether oxygens (including phenoxy) is 1. The molecular weight excluding hydrogens is 314 g/mol. The number of piperidine rings is 1. The predicted molar refractivity (Wildman–Crippen MR) is 93.8 cm³/mol. The standard InChI is InChI=1S/C17H31N3O2.ClH/c1-17(2)12-19(8-7-15(17)18)11-16(21)20-9-10-22-14-6-4-3-5-13(14)20;/h13-15H,3-12,18H2,1-2H3;1H. The first-order chi connectivity index (χ1) is 10.5. The fourth-order valence-corrected chi connectivity index (χ4v) is 4.31. The van der Waals surface area contributed by atoms with Gasteiger partial charge >= 0.3 is 0 Å². The predicted octanol–water partition coefficient (Wildman–Crippen LogP) is 1.64. The van der Waals surface area contributed by atoms with E-state index in [-0.39, 0.29) is 35.9 Å². The molecule has 2 heterocycles. The lowest BCUT2D eigenvalue weighted by molar-refractivity contribution is -0.151. The van der Waals surface area contributed by atoms with Crippen LogP contribution in [0.15, 0.2) is 0 Å². The van der Waals surface area contributed by atoms with Crippen molar-refractivity contribution in [2.45, 2.75) is 64.1 Å². The Labute approximate surface area is 146 Å². The Kier molecular flexibility index (Phi) is 6.34. The van der Waals surface area contributed by atoms with Crippen molar-refractivity contribution in [1.29, 1.82) is 0 Å². The van der Waals surface area contributed by atoms with Gasteiger partial charge in [0, 0.05) is 25.7 Å². The Hall–Kier alpha value is -0.360. The number of hydrogen-bond donors (Lipinski definition) is 1. The van der Waals surface area contributed by atoms with Gasteiger partial charge in [-0.25, -0.2) is 0 Å². The van der Waals surface area contributed by atoms with Gasteiger partial charge in [0.2, 0.25) is 5.91 Å². The zero-order valence-electron chi connectivity index (χ0n) is 14.5. The molecule has 0 aromatic heterocycles. The molecule has 1 aliphatic carbocycles. The third-order valence-electron chi connectivity index (χ3n) is 5.80. The second kappa shape index (κ2) is 7.68. The van der Waals surface area contributed by atoms with Gasteiger partial charge in [-0.15, -0.1) is 12.4 Å². The highest BCUT2D eigenvalue weighted by atomic mass is 35.5. The Morgan fingerprint density at radius 3 is 2.70 bits per heavy atom. The zero-order chi connectivity index (χ0) is 15.7. The van der Waals surface area contributed by atoms with Crippen LogP contribution < -0.4 is 5.73 Å². The number of carbonyl (C=O) groups excluding carboxylic acids is 1. The molecule has 134 valence electrons. The number of carbonyl (C=O) groups is 1. The summed E-state index contributed by atoms with van der Waals surface area (Å²) in [7, 11) is 0. The normalized spacial score (nSPS) is 34.4. The molecule has 6 heteroatoms. The first-order valence-electron chi connectivity index (χ1n) is 8.86. The summed E-state index contributed by atoms with van der Waals surface area (Å²) in [6.07, 6.45) is 5.93. The summed E-state index contributed by atoms with van der Waals surface area (Å²) in [5.41, 5.74) is 6.29. The Morgan fingerprint density at radius 1 is 1.22 bits per heavy atom. The maximum atomic E-state index is 12.8. The van der Waals surface area contributed by atoms with Crippen LogP contribution >= 0.6 is 12.4 Å². The van der Waals surface area contributed by atoms with Crippen LogP contribution in [0.2, 0.25) is 0 Å². The van der Waals surface area contributed by atoms with E-state index >= 15 is 0 Å². The van der Waals surface area contributed by atoms with E-state index in [4.69, 9.17) is 10.5 Å². The molecule has 3 rings (SSSR count). The van der Waals surface area contributed by atoms with E-state index in [0.717, 1.165) is 38.9 Å². The number of fused-ring (bicyclic) bond motifs is 1. The highest BCUT2D eigenvalue weighted by molar-refractivity contribution is 5.85. The van der Waals surface area contributed by atoms with Crippen LogP contribution in [0.3, 0.4) is 0 Å². The molecule has 23 heavy (non-hydrogen) atoms. The van der Waals surface area contributed by atoms with Gasteiger partial charge in [-0.1, -0.05) is 26.7 Å². The molecule has 3 unspecified atom stereocenters. The average Bonchev–Trinajstić information content (AvgIpc) is 2.50. The van der Waals surface area contributed by atoms with Gasteiger partial charge in [0.05, 0.1) is 25.3 Å². The number of morpholine rings is 1. The maximum absolute atomic E-state index is 12.8. The molecule has 0 aromatic rings. The molecule has 1 amide bonds. The molecule has 5 nitrogen and oxygen atoms in total. The fourth-order valence-electron chi connectivity index (χ4n) is 4.31. The third-order valence-corrected chi connectivity index (χ3v) is 5.80. The van der Waals surface area contributed by atoms with Gasteiger partial charge in [-0.2, -0.15) is 0 Å². The second-order valence-electron chi connectivity index (χ2n) is 7.94. The number of likely N-dealkylation sites (tertiary alicyclic amines) is 1. The Balaban J connectivity index is 0.00000192. The summed E-state index contributed by atoms with van der Waals surface area (Å²) >= 11 is 0. The minimum Gasteiger partial charge on any atom is -0.374 e. The first-order valence-corrected chi connectivity index (χ1v) is 8.86. The summed E-state index contributed by atoms with van der Waals surface area (Å²) in [6, 6.07) is 0.556. The van der Waals surface area contributed by atoms with E-state index in [1.54, 1.807) is 0 Å².